The molecule has 0 spiro atoms. The largest absolute Gasteiger partial charge is 0.479 e. The Kier molecular flexibility index (Phi) is 4.53. The van der Waals surface area contributed by atoms with E-state index in [9.17, 15) is 4.79 Å². The first-order chi connectivity index (χ1) is 7.95. The van der Waals surface area contributed by atoms with Gasteiger partial charge in [-0.05, 0) is 24.1 Å². The number of nitrogens with zero attached hydrogens (tertiary/aromatic N) is 1. The molecule has 0 aromatic heterocycles. The lowest BCUT2D eigenvalue weighted by atomic mass is 10.1. The lowest BCUT2D eigenvalue weighted by Gasteiger charge is -2.19. The summed E-state index contributed by atoms with van der Waals surface area (Å²) >= 11 is 3.26. The number of carbonyl (C=O) groups excluding carboxylic acids is 1. The number of nitrogens with two attached hydrogens (primary N) is 1. The average molecular weight is 297 g/mol. The van der Waals surface area contributed by atoms with Gasteiger partial charge in [0.2, 0.25) is 0 Å². The van der Waals surface area contributed by atoms with Crippen LogP contribution in [-0.4, -0.2) is 12.0 Å². The molecule has 1 atom stereocenters. The number of nitriles is 1. The summed E-state index contributed by atoms with van der Waals surface area (Å²) in [7, 11) is 0. The van der Waals surface area contributed by atoms with Crippen molar-refractivity contribution in [3.8, 4) is 11.8 Å². The number of rotatable bonds is 4. The molecule has 0 bridgehead atoms. The van der Waals surface area contributed by atoms with Crippen molar-refractivity contribution in [3.63, 3.8) is 0 Å². The summed E-state index contributed by atoms with van der Waals surface area (Å²) in [6, 6.07) is 7.03. The Morgan fingerprint density at radius 2 is 2.18 bits per heavy atom. The van der Waals surface area contributed by atoms with E-state index in [4.69, 9.17) is 15.7 Å². The molecule has 0 radical (unpaired) electrons. The van der Waals surface area contributed by atoms with Gasteiger partial charge in [-0.15, -0.1) is 0 Å². The van der Waals surface area contributed by atoms with Gasteiger partial charge in [-0.25, -0.2) is 0 Å². The summed E-state index contributed by atoms with van der Waals surface area (Å²) in [6.07, 6.45) is -0.733. The monoisotopic (exact) mass is 296 g/mol. The van der Waals surface area contributed by atoms with E-state index in [1.165, 1.54) is 0 Å². The van der Waals surface area contributed by atoms with Crippen LogP contribution in [0.5, 0.6) is 5.75 Å². The summed E-state index contributed by atoms with van der Waals surface area (Å²) < 4.78 is 6.28. The van der Waals surface area contributed by atoms with Gasteiger partial charge in [0.05, 0.1) is 5.56 Å². The SMILES string of the molecule is CC(C)C(Oc1ccc(Br)cc1C#N)C(N)=O. The molecular weight excluding hydrogens is 284 g/mol. The van der Waals surface area contributed by atoms with E-state index in [0.717, 1.165) is 4.47 Å². The molecule has 0 aliphatic rings. The number of hydrogen-bond acceptors (Lipinski definition) is 3. The molecule has 1 rings (SSSR count). The first-order valence-corrected chi connectivity index (χ1v) is 5.90. The van der Waals surface area contributed by atoms with E-state index in [1.807, 2.05) is 19.9 Å². The Balaban J connectivity index is 3.02. The summed E-state index contributed by atoms with van der Waals surface area (Å²) in [5.74, 6) is -0.220. The second-order valence-electron chi connectivity index (χ2n) is 3.94. The Labute approximate surface area is 108 Å². The third-order valence-electron chi connectivity index (χ3n) is 2.20. The highest BCUT2D eigenvalue weighted by atomic mass is 79.9. The summed E-state index contributed by atoms with van der Waals surface area (Å²) in [6.45, 7) is 3.67. The van der Waals surface area contributed by atoms with Crippen molar-refractivity contribution in [2.45, 2.75) is 20.0 Å². The van der Waals surface area contributed by atoms with E-state index in [-0.39, 0.29) is 5.92 Å². The van der Waals surface area contributed by atoms with Crippen molar-refractivity contribution in [2.24, 2.45) is 11.7 Å². The van der Waals surface area contributed by atoms with E-state index < -0.39 is 12.0 Å². The third kappa shape index (κ3) is 3.46. The van der Waals surface area contributed by atoms with Gasteiger partial charge in [0, 0.05) is 4.47 Å². The molecule has 1 unspecified atom stereocenters. The zero-order valence-electron chi connectivity index (χ0n) is 9.61. The zero-order valence-corrected chi connectivity index (χ0v) is 11.2. The minimum atomic E-state index is -0.733. The molecule has 0 fully saturated rings. The van der Waals surface area contributed by atoms with Gasteiger partial charge in [-0.3, -0.25) is 4.79 Å². The van der Waals surface area contributed by atoms with Crippen LogP contribution in [0, 0.1) is 17.2 Å². The quantitative estimate of drug-likeness (QED) is 0.925. The minimum Gasteiger partial charge on any atom is -0.479 e. The molecule has 0 heterocycles. The predicted molar refractivity (Wildman–Crippen MR) is 67.3 cm³/mol. The standard InChI is InChI=1S/C12H13BrN2O2/c1-7(2)11(12(15)16)17-10-4-3-9(13)5-8(10)6-14/h3-5,7,11H,1-2H3,(H2,15,16). The van der Waals surface area contributed by atoms with Crippen molar-refractivity contribution in [2.75, 3.05) is 0 Å². The van der Waals surface area contributed by atoms with E-state index in [1.54, 1.807) is 18.2 Å². The first kappa shape index (κ1) is 13.5. The molecule has 0 saturated carbocycles. The van der Waals surface area contributed by atoms with Crippen molar-refractivity contribution < 1.29 is 9.53 Å². The van der Waals surface area contributed by atoms with Crippen molar-refractivity contribution in [1.29, 1.82) is 5.26 Å². The molecule has 5 heteroatoms. The number of hydrogen-bond donors (Lipinski definition) is 1. The van der Waals surface area contributed by atoms with Gasteiger partial charge >= 0.3 is 0 Å². The van der Waals surface area contributed by atoms with E-state index in [0.29, 0.717) is 11.3 Å². The maximum atomic E-state index is 11.2. The second-order valence-corrected chi connectivity index (χ2v) is 4.85. The molecule has 17 heavy (non-hydrogen) atoms. The highest BCUT2D eigenvalue weighted by molar-refractivity contribution is 9.10. The lowest BCUT2D eigenvalue weighted by molar-refractivity contribution is -0.126. The van der Waals surface area contributed by atoms with Gasteiger partial charge in [0.1, 0.15) is 11.8 Å². The Morgan fingerprint density at radius 3 is 2.65 bits per heavy atom. The molecule has 1 aromatic carbocycles. The van der Waals surface area contributed by atoms with E-state index in [2.05, 4.69) is 15.9 Å². The maximum absolute atomic E-state index is 11.2. The van der Waals surface area contributed by atoms with Gasteiger partial charge in [0.25, 0.3) is 5.91 Å². The van der Waals surface area contributed by atoms with Crippen LogP contribution in [0.4, 0.5) is 0 Å². The fourth-order valence-electron chi connectivity index (χ4n) is 1.35. The van der Waals surface area contributed by atoms with Crippen molar-refractivity contribution in [3.05, 3.63) is 28.2 Å². The molecular formula is C12H13BrN2O2. The third-order valence-corrected chi connectivity index (χ3v) is 2.70. The molecule has 0 aliphatic heterocycles. The number of halogens is 1. The summed E-state index contributed by atoms with van der Waals surface area (Å²) in [5, 5.41) is 8.97. The fourth-order valence-corrected chi connectivity index (χ4v) is 1.71. The van der Waals surface area contributed by atoms with Crippen LogP contribution in [0.15, 0.2) is 22.7 Å². The average Bonchev–Trinajstić information content (AvgIpc) is 2.26. The number of ether oxygens (including phenoxy) is 1. The molecule has 0 aliphatic carbocycles. The maximum Gasteiger partial charge on any atom is 0.258 e. The molecule has 90 valence electrons. The van der Waals surface area contributed by atoms with Crippen LogP contribution in [0.1, 0.15) is 19.4 Å². The van der Waals surface area contributed by atoms with Crippen LogP contribution >= 0.6 is 15.9 Å². The Morgan fingerprint density at radius 1 is 1.53 bits per heavy atom. The van der Waals surface area contributed by atoms with Crippen LogP contribution in [0.2, 0.25) is 0 Å². The van der Waals surface area contributed by atoms with Crippen LogP contribution in [-0.2, 0) is 4.79 Å². The van der Waals surface area contributed by atoms with Crippen LogP contribution in [0.3, 0.4) is 0 Å². The Bertz CT molecular complexity index is 466. The smallest absolute Gasteiger partial charge is 0.258 e. The zero-order chi connectivity index (χ0) is 13.0. The van der Waals surface area contributed by atoms with Crippen molar-refractivity contribution in [1.82, 2.24) is 0 Å². The lowest BCUT2D eigenvalue weighted by Crippen LogP contribution is -2.38. The number of carbonyl (C=O) groups is 1. The second kappa shape index (κ2) is 5.69. The highest BCUT2D eigenvalue weighted by Gasteiger charge is 2.22. The number of benzene rings is 1. The van der Waals surface area contributed by atoms with Gasteiger partial charge in [0.15, 0.2) is 6.10 Å². The minimum absolute atomic E-state index is 0.0531. The van der Waals surface area contributed by atoms with E-state index >= 15 is 0 Å². The normalized spacial score (nSPS) is 11.9. The van der Waals surface area contributed by atoms with Gasteiger partial charge in [-0.1, -0.05) is 29.8 Å². The summed E-state index contributed by atoms with van der Waals surface area (Å²) in [5.41, 5.74) is 5.62. The van der Waals surface area contributed by atoms with Crippen LogP contribution < -0.4 is 10.5 Å². The molecule has 2 N–H and O–H groups in total. The highest BCUT2D eigenvalue weighted by Crippen LogP contribution is 2.24. The molecule has 4 nitrogen and oxygen atoms in total. The first-order valence-electron chi connectivity index (χ1n) is 5.11. The van der Waals surface area contributed by atoms with Crippen molar-refractivity contribution >= 4 is 21.8 Å². The molecule has 0 saturated heterocycles. The summed E-state index contributed by atoms with van der Waals surface area (Å²) in [4.78, 5) is 11.2. The predicted octanol–water partition coefficient (Wildman–Crippen LogP) is 2.21. The number of amides is 1. The van der Waals surface area contributed by atoms with Crippen LogP contribution in [0.25, 0.3) is 0 Å². The number of primary amides is 1. The molecule has 1 amide bonds. The van der Waals surface area contributed by atoms with Gasteiger partial charge in [-0.2, -0.15) is 5.26 Å². The topological polar surface area (TPSA) is 76.1 Å². The molecule has 1 aromatic rings. The fraction of sp³-hybridized carbons (Fsp3) is 0.333. The van der Waals surface area contributed by atoms with Gasteiger partial charge < -0.3 is 10.5 Å². The Hall–Kier alpha value is -1.54.